The van der Waals surface area contributed by atoms with E-state index >= 15 is 0 Å². The summed E-state index contributed by atoms with van der Waals surface area (Å²) in [6.45, 7) is 5.60. The number of nitrogens with two attached hydrogens (primary N) is 1. The average molecular weight is 475 g/mol. The number of anilines is 2. The molecule has 0 aliphatic rings. The highest BCUT2D eigenvalue weighted by molar-refractivity contribution is 7.99. The molecule has 1 unspecified atom stereocenters. The van der Waals surface area contributed by atoms with E-state index < -0.39 is 12.0 Å². The molecular formula is C21H26N6O3S2. The summed E-state index contributed by atoms with van der Waals surface area (Å²) in [7, 11) is 0. The topological polar surface area (TPSA) is 125 Å². The number of aromatic nitrogens is 4. The Bertz CT molecular complexity index is 1070. The number of esters is 1. The molecule has 0 aliphatic heterocycles. The molecule has 11 heteroatoms. The Morgan fingerprint density at radius 1 is 1.25 bits per heavy atom. The van der Waals surface area contributed by atoms with E-state index in [9.17, 15) is 9.59 Å². The molecule has 0 saturated carbocycles. The maximum Gasteiger partial charge on any atom is 0.350 e. The molecule has 9 nitrogen and oxygen atoms in total. The van der Waals surface area contributed by atoms with Crippen LogP contribution in [0, 0.1) is 6.92 Å². The van der Waals surface area contributed by atoms with Crippen LogP contribution in [-0.4, -0.2) is 44.0 Å². The highest BCUT2D eigenvalue weighted by Crippen LogP contribution is 2.28. The van der Waals surface area contributed by atoms with Crippen LogP contribution in [0.25, 0.3) is 0 Å². The van der Waals surface area contributed by atoms with Crippen molar-refractivity contribution in [2.75, 3.05) is 23.4 Å². The van der Waals surface area contributed by atoms with Crippen LogP contribution in [0.2, 0.25) is 0 Å². The van der Waals surface area contributed by atoms with Crippen LogP contribution in [0.15, 0.2) is 35.5 Å². The van der Waals surface area contributed by atoms with Gasteiger partial charge >= 0.3 is 5.97 Å². The van der Waals surface area contributed by atoms with Crippen LogP contribution in [0.1, 0.15) is 47.2 Å². The average Bonchev–Trinajstić information content (AvgIpc) is 3.32. The summed E-state index contributed by atoms with van der Waals surface area (Å²) in [6.07, 6.45) is 1.34. The van der Waals surface area contributed by atoms with Crippen LogP contribution in [0.4, 0.5) is 11.1 Å². The Balaban J connectivity index is 1.71. The number of nitrogens with zero attached hydrogens (tertiary/aromatic N) is 4. The van der Waals surface area contributed by atoms with Crippen molar-refractivity contribution >= 4 is 46.1 Å². The summed E-state index contributed by atoms with van der Waals surface area (Å²) < 4.78 is 6.68. The number of thioether (sulfide) groups is 1. The van der Waals surface area contributed by atoms with Gasteiger partial charge in [-0.3, -0.25) is 9.36 Å². The zero-order valence-electron chi connectivity index (χ0n) is 18.2. The van der Waals surface area contributed by atoms with E-state index in [2.05, 4.69) is 32.6 Å². The molecule has 0 spiro atoms. The first-order chi connectivity index (χ1) is 15.4. The number of rotatable bonds is 10. The Kier molecular flexibility index (Phi) is 8.23. The SMILES string of the molecule is CCOC(=O)c1sc(NC(=O)C(CC)n2c(N)nnc2SCCc2ccccc2)nc1C. The number of hydrogen-bond donors (Lipinski definition) is 2. The molecule has 3 aromatic rings. The molecular weight excluding hydrogens is 448 g/mol. The number of carbonyl (C=O) groups excluding carboxylic acids is 2. The smallest absolute Gasteiger partial charge is 0.350 e. The van der Waals surface area contributed by atoms with Gasteiger partial charge < -0.3 is 15.8 Å². The number of amides is 1. The van der Waals surface area contributed by atoms with E-state index in [1.165, 1.54) is 17.3 Å². The van der Waals surface area contributed by atoms with Gasteiger partial charge in [0.05, 0.1) is 12.3 Å². The lowest BCUT2D eigenvalue weighted by atomic mass is 10.2. The first kappa shape index (κ1) is 23.7. The normalized spacial score (nSPS) is 11.8. The van der Waals surface area contributed by atoms with Gasteiger partial charge in [-0.05, 0) is 32.3 Å². The fourth-order valence-electron chi connectivity index (χ4n) is 3.09. The molecule has 3 N–H and O–H groups in total. The number of aryl methyl sites for hydroxylation is 2. The van der Waals surface area contributed by atoms with Gasteiger partial charge in [-0.1, -0.05) is 60.4 Å². The third kappa shape index (κ3) is 5.65. The number of carbonyl (C=O) groups is 2. The van der Waals surface area contributed by atoms with Crippen LogP contribution < -0.4 is 11.1 Å². The summed E-state index contributed by atoms with van der Waals surface area (Å²) >= 11 is 2.59. The van der Waals surface area contributed by atoms with Crippen molar-refractivity contribution in [1.82, 2.24) is 19.7 Å². The van der Waals surface area contributed by atoms with E-state index in [1.54, 1.807) is 18.4 Å². The number of benzene rings is 1. The highest BCUT2D eigenvalue weighted by Gasteiger charge is 2.26. The molecule has 0 saturated heterocycles. The van der Waals surface area contributed by atoms with Gasteiger partial charge in [0.1, 0.15) is 10.9 Å². The molecule has 0 fully saturated rings. The third-order valence-corrected chi connectivity index (χ3v) is 6.64. The fourth-order valence-corrected chi connectivity index (χ4v) is 4.94. The van der Waals surface area contributed by atoms with Crippen molar-refractivity contribution in [1.29, 1.82) is 0 Å². The fraction of sp³-hybridized carbons (Fsp3) is 0.381. The quantitative estimate of drug-likeness (QED) is 0.336. The Morgan fingerprint density at radius 2 is 2.00 bits per heavy atom. The van der Waals surface area contributed by atoms with Gasteiger partial charge in [0.2, 0.25) is 11.9 Å². The first-order valence-corrected chi connectivity index (χ1v) is 12.1. The molecule has 1 amide bonds. The van der Waals surface area contributed by atoms with Crippen LogP contribution in [-0.2, 0) is 16.0 Å². The summed E-state index contributed by atoms with van der Waals surface area (Å²) in [5, 5.41) is 11.9. The molecule has 32 heavy (non-hydrogen) atoms. The van der Waals surface area contributed by atoms with Crippen molar-refractivity contribution in [3.8, 4) is 0 Å². The van der Waals surface area contributed by atoms with E-state index in [4.69, 9.17) is 10.5 Å². The number of hydrogen-bond acceptors (Lipinski definition) is 9. The van der Waals surface area contributed by atoms with Gasteiger partial charge in [0.25, 0.3) is 0 Å². The predicted octanol–water partition coefficient (Wildman–Crippen LogP) is 3.73. The van der Waals surface area contributed by atoms with Crippen LogP contribution in [0.5, 0.6) is 0 Å². The third-order valence-electron chi connectivity index (χ3n) is 4.64. The van der Waals surface area contributed by atoms with E-state index in [1.807, 2.05) is 25.1 Å². The van der Waals surface area contributed by atoms with Gasteiger partial charge in [0.15, 0.2) is 10.3 Å². The van der Waals surface area contributed by atoms with Crippen LogP contribution >= 0.6 is 23.1 Å². The van der Waals surface area contributed by atoms with Crippen molar-refractivity contribution in [2.45, 2.75) is 44.8 Å². The van der Waals surface area contributed by atoms with Crippen molar-refractivity contribution in [3.63, 3.8) is 0 Å². The van der Waals surface area contributed by atoms with Crippen LogP contribution in [0.3, 0.4) is 0 Å². The summed E-state index contributed by atoms with van der Waals surface area (Å²) in [4.78, 5) is 29.7. The van der Waals surface area contributed by atoms with Gasteiger partial charge in [-0.15, -0.1) is 10.2 Å². The molecule has 3 rings (SSSR count). The lowest BCUT2D eigenvalue weighted by Crippen LogP contribution is -2.27. The minimum atomic E-state index is -0.612. The Hall–Kier alpha value is -2.92. The van der Waals surface area contributed by atoms with E-state index in [-0.39, 0.29) is 18.5 Å². The molecule has 2 heterocycles. The standard InChI is InChI=1S/C21H26N6O3S2/c1-4-15(17(28)24-20-23-13(3)16(32-20)18(29)30-5-2)27-19(22)25-26-21(27)31-12-11-14-9-7-6-8-10-14/h6-10,15H,4-5,11-12H2,1-3H3,(H2,22,25)(H,23,24,28). The number of ether oxygens (including phenoxy) is 1. The zero-order chi connectivity index (χ0) is 23.1. The molecule has 0 radical (unpaired) electrons. The Labute approximate surface area is 194 Å². The van der Waals surface area contributed by atoms with Crippen molar-refractivity contribution in [3.05, 3.63) is 46.5 Å². The second-order valence-corrected chi connectivity index (χ2v) is 8.92. The molecule has 1 atom stereocenters. The summed E-state index contributed by atoms with van der Waals surface area (Å²) in [5.41, 5.74) is 7.79. The summed E-state index contributed by atoms with van der Waals surface area (Å²) in [5.74, 6) is 0.203. The monoisotopic (exact) mass is 474 g/mol. The van der Waals surface area contributed by atoms with Gasteiger partial charge in [-0.25, -0.2) is 9.78 Å². The molecule has 170 valence electrons. The van der Waals surface area contributed by atoms with Gasteiger partial charge in [0, 0.05) is 5.75 Å². The molecule has 0 aliphatic carbocycles. The zero-order valence-corrected chi connectivity index (χ0v) is 19.8. The maximum absolute atomic E-state index is 13.1. The minimum Gasteiger partial charge on any atom is -0.462 e. The molecule has 0 bridgehead atoms. The summed E-state index contributed by atoms with van der Waals surface area (Å²) in [6, 6.07) is 9.53. The number of nitrogen functional groups attached to an aromatic ring is 1. The predicted molar refractivity (Wildman–Crippen MR) is 126 cm³/mol. The lowest BCUT2D eigenvalue weighted by Gasteiger charge is -2.18. The second-order valence-electron chi connectivity index (χ2n) is 6.86. The van der Waals surface area contributed by atoms with Gasteiger partial charge in [-0.2, -0.15) is 0 Å². The minimum absolute atomic E-state index is 0.178. The molecule has 1 aromatic carbocycles. The first-order valence-electron chi connectivity index (χ1n) is 10.3. The lowest BCUT2D eigenvalue weighted by molar-refractivity contribution is -0.119. The largest absolute Gasteiger partial charge is 0.462 e. The number of thiazole rings is 1. The van der Waals surface area contributed by atoms with Crippen molar-refractivity contribution in [2.24, 2.45) is 0 Å². The number of nitrogens with one attached hydrogen (secondary N) is 1. The maximum atomic E-state index is 13.1. The highest BCUT2D eigenvalue weighted by atomic mass is 32.2. The van der Waals surface area contributed by atoms with Crippen molar-refractivity contribution < 1.29 is 14.3 Å². The van der Waals surface area contributed by atoms with E-state index in [0.717, 1.165) is 23.5 Å². The van der Waals surface area contributed by atoms with E-state index in [0.29, 0.717) is 27.3 Å². The second kappa shape index (κ2) is 11.1. The Morgan fingerprint density at radius 3 is 2.69 bits per heavy atom. The molecule has 2 aromatic heterocycles.